The van der Waals surface area contributed by atoms with E-state index < -0.39 is 0 Å². The summed E-state index contributed by atoms with van der Waals surface area (Å²) in [6, 6.07) is 6.14. The van der Waals surface area contributed by atoms with Crippen LogP contribution in [0.5, 0.6) is 5.75 Å². The van der Waals surface area contributed by atoms with Crippen molar-refractivity contribution in [2.75, 3.05) is 0 Å². The molecule has 0 heterocycles. The summed E-state index contributed by atoms with van der Waals surface area (Å²) in [5.74, 6) is 1.42. The predicted octanol–water partition coefficient (Wildman–Crippen LogP) is 4.26. The zero-order chi connectivity index (χ0) is 11.7. The Labute approximate surface area is 102 Å². The van der Waals surface area contributed by atoms with Gasteiger partial charge in [-0.3, -0.25) is 0 Å². The third-order valence-corrected chi connectivity index (χ3v) is 3.90. The van der Waals surface area contributed by atoms with Crippen LogP contribution in [0.4, 0.5) is 0 Å². The van der Waals surface area contributed by atoms with Crippen LogP contribution in [0.25, 0.3) is 0 Å². The highest BCUT2D eigenvalue weighted by Crippen LogP contribution is 2.37. The average molecular weight is 226 g/mol. The number of hydrogen-bond donors (Lipinski definition) is 1. The summed E-state index contributed by atoms with van der Waals surface area (Å²) in [6.45, 7) is 0. The first-order valence-corrected chi connectivity index (χ1v) is 6.51. The van der Waals surface area contributed by atoms with Gasteiger partial charge >= 0.3 is 0 Å². The van der Waals surface area contributed by atoms with Crippen molar-refractivity contribution in [1.29, 1.82) is 0 Å². The van der Waals surface area contributed by atoms with Crippen LogP contribution in [-0.4, -0.2) is 5.11 Å². The molecule has 0 amide bonds. The Morgan fingerprint density at radius 1 is 0.941 bits per heavy atom. The first kappa shape index (κ1) is 10.6. The maximum Gasteiger partial charge on any atom is 0.119 e. The van der Waals surface area contributed by atoms with Crippen LogP contribution in [-0.2, 0) is 0 Å². The highest BCUT2D eigenvalue weighted by molar-refractivity contribution is 5.43. The van der Waals surface area contributed by atoms with E-state index in [9.17, 15) is 5.11 Å². The monoisotopic (exact) mass is 226 g/mol. The molecule has 1 aromatic rings. The van der Waals surface area contributed by atoms with Gasteiger partial charge in [-0.2, -0.15) is 0 Å². The number of phenols is 1. The topological polar surface area (TPSA) is 20.2 Å². The fourth-order valence-electron chi connectivity index (χ4n) is 2.90. The molecule has 0 saturated heterocycles. The highest BCUT2D eigenvalue weighted by Gasteiger charge is 2.18. The van der Waals surface area contributed by atoms with Crippen molar-refractivity contribution in [3.8, 4) is 5.75 Å². The van der Waals surface area contributed by atoms with Crippen LogP contribution < -0.4 is 0 Å². The fourth-order valence-corrected chi connectivity index (χ4v) is 2.90. The second-order valence-electron chi connectivity index (χ2n) is 5.04. The number of rotatable bonds is 2. The van der Waals surface area contributed by atoms with E-state index in [4.69, 9.17) is 0 Å². The summed E-state index contributed by atoms with van der Waals surface area (Å²) < 4.78 is 0. The maximum absolute atomic E-state index is 9.99. The Kier molecular flexibility index (Phi) is 2.76. The summed E-state index contributed by atoms with van der Waals surface area (Å²) in [4.78, 5) is 0. The minimum atomic E-state index is 0.417. The summed E-state index contributed by atoms with van der Waals surface area (Å²) >= 11 is 0. The summed E-state index contributed by atoms with van der Waals surface area (Å²) in [5.41, 5.74) is 2.46. The van der Waals surface area contributed by atoms with Crippen LogP contribution in [0.2, 0.25) is 0 Å². The van der Waals surface area contributed by atoms with Crippen molar-refractivity contribution < 1.29 is 5.11 Å². The van der Waals surface area contributed by atoms with Crippen LogP contribution in [0.1, 0.15) is 48.6 Å². The lowest BCUT2D eigenvalue weighted by Gasteiger charge is -2.15. The molecular formula is C16H18O. The van der Waals surface area contributed by atoms with Gasteiger partial charge in [-0.25, -0.2) is 0 Å². The third-order valence-electron chi connectivity index (χ3n) is 3.90. The van der Waals surface area contributed by atoms with Crippen LogP contribution in [0, 0.1) is 0 Å². The molecule has 0 spiro atoms. The van der Waals surface area contributed by atoms with Gasteiger partial charge in [-0.1, -0.05) is 36.4 Å². The van der Waals surface area contributed by atoms with Crippen LogP contribution in [0.15, 0.2) is 42.5 Å². The van der Waals surface area contributed by atoms with Crippen LogP contribution >= 0.6 is 0 Å². The molecule has 1 N–H and O–H groups in total. The normalized spacial score (nSPS) is 26.8. The Hall–Kier alpha value is -1.50. The van der Waals surface area contributed by atoms with E-state index in [0.29, 0.717) is 17.6 Å². The van der Waals surface area contributed by atoms with E-state index in [1.807, 2.05) is 6.07 Å². The van der Waals surface area contributed by atoms with Crippen molar-refractivity contribution in [2.45, 2.75) is 37.5 Å². The lowest BCUT2D eigenvalue weighted by Crippen LogP contribution is -1.97. The fraction of sp³-hybridized carbons (Fsp3) is 0.375. The summed E-state index contributed by atoms with van der Waals surface area (Å²) in [5, 5.41) is 9.99. The van der Waals surface area contributed by atoms with Gasteiger partial charge < -0.3 is 5.11 Å². The minimum Gasteiger partial charge on any atom is -0.508 e. The molecule has 88 valence electrons. The van der Waals surface area contributed by atoms with Gasteiger partial charge in [-0.05, 0) is 37.3 Å². The number of allylic oxidation sites excluding steroid dienone is 4. The molecule has 0 bridgehead atoms. The van der Waals surface area contributed by atoms with E-state index in [-0.39, 0.29) is 0 Å². The summed E-state index contributed by atoms with van der Waals surface area (Å²) in [7, 11) is 0. The first-order valence-electron chi connectivity index (χ1n) is 6.51. The Balaban J connectivity index is 1.94. The van der Waals surface area contributed by atoms with E-state index in [0.717, 1.165) is 18.4 Å². The molecule has 2 atom stereocenters. The predicted molar refractivity (Wildman–Crippen MR) is 70.3 cm³/mol. The van der Waals surface area contributed by atoms with Gasteiger partial charge in [0.1, 0.15) is 5.75 Å². The van der Waals surface area contributed by atoms with Gasteiger partial charge in [0.2, 0.25) is 0 Å². The molecule has 1 heteroatoms. The lowest BCUT2D eigenvalue weighted by atomic mass is 9.91. The molecular weight excluding hydrogens is 208 g/mol. The average Bonchev–Trinajstić information content (AvgIpc) is 3.03. The Morgan fingerprint density at radius 3 is 2.29 bits per heavy atom. The van der Waals surface area contributed by atoms with Crippen molar-refractivity contribution in [1.82, 2.24) is 0 Å². The minimum absolute atomic E-state index is 0.417. The molecule has 1 aromatic carbocycles. The molecule has 2 aliphatic carbocycles. The number of hydrogen-bond acceptors (Lipinski definition) is 1. The lowest BCUT2D eigenvalue weighted by molar-refractivity contribution is 0.464. The van der Waals surface area contributed by atoms with E-state index in [1.54, 1.807) is 0 Å². The summed E-state index contributed by atoms with van der Waals surface area (Å²) in [6.07, 6.45) is 13.7. The van der Waals surface area contributed by atoms with E-state index in [2.05, 4.69) is 36.4 Å². The van der Waals surface area contributed by atoms with Gasteiger partial charge in [0.25, 0.3) is 0 Å². The Bertz CT molecular complexity index is 470. The Morgan fingerprint density at radius 2 is 1.65 bits per heavy atom. The van der Waals surface area contributed by atoms with Gasteiger partial charge in [0.05, 0.1) is 0 Å². The van der Waals surface area contributed by atoms with Crippen LogP contribution in [0.3, 0.4) is 0 Å². The first-order chi connectivity index (χ1) is 8.34. The molecule has 3 rings (SSSR count). The van der Waals surface area contributed by atoms with E-state index in [1.165, 1.54) is 18.4 Å². The molecule has 0 radical (unpaired) electrons. The molecule has 0 saturated carbocycles. The molecule has 2 aliphatic rings. The van der Waals surface area contributed by atoms with Crippen molar-refractivity contribution in [2.24, 2.45) is 0 Å². The molecule has 0 aromatic heterocycles. The second kappa shape index (κ2) is 4.40. The van der Waals surface area contributed by atoms with E-state index >= 15 is 0 Å². The standard InChI is InChI=1S/C16H18O/c17-16-10-9-14(12-5-1-2-6-12)11-15(16)13-7-3-4-8-13/h1,3,5,7,9-13,17H,2,4,6,8H2/t12-,13+/m0/s1. The molecule has 1 nitrogen and oxygen atoms in total. The van der Waals surface area contributed by atoms with Crippen molar-refractivity contribution in [3.63, 3.8) is 0 Å². The second-order valence-corrected chi connectivity index (χ2v) is 5.04. The SMILES string of the molecule is Oc1ccc([C@H]2C=CCC2)cc1[C@@H]1C=CCC1. The van der Waals surface area contributed by atoms with Crippen molar-refractivity contribution >= 4 is 0 Å². The molecule has 0 unspecified atom stereocenters. The molecule has 17 heavy (non-hydrogen) atoms. The third kappa shape index (κ3) is 2.02. The highest BCUT2D eigenvalue weighted by atomic mass is 16.3. The number of benzene rings is 1. The number of aromatic hydroxyl groups is 1. The van der Waals surface area contributed by atoms with Gasteiger partial charge in [-0.15, -0.1) is 0 Å². The van der Waals surface area contributed by atoms with Gasteiger partial charge in [0.15, 0.2) is 0 Å². The molecule has 0 fully saturated rings. The smallest absolute Gasteiger partial charge is 0.119 e. The van der Waals surface area contributed by atoms with Gasteiger partial charge in [0, 0.05) is 17.4 Å². The molecule has 0 aliphatic heterocycles. The largest absolute Gasteiger partial charge is 0.508 e. The number of phenolic OH excluding ortho intramolecular Hbond substituents is 1. The van der Waals surface area contributed by atoms with Crippen molar-refractivity contribution in [3.05, 3.63) is 53.6 Å². The maximum atomic E-state index is 9.99. The zero-order valence-electron chi connectivity index (χ0n) is 9.97. The zero-order valence-corrected chi connectivity index (χ0v) is 9.97. The quantitative estimate of drug-likeness (QED) is 0.747.